The molecule has 2 rings (SSSR count). The molecule has 1 atom stereocenters. The molecule has 0 amide bonds. The minimum absolute atomic E-state index is 0.520. The first kappa shape index (κ1) is 9.68. The second-order valence-corrected chi connectivity index (χ2v) is 3.64. The third-order valence-electron chi connectivity index (χ3n) is 2.47. The molecule has 1 saturated heterocycles. The number of ether oxygens (including phenoxy) is 1. The summed E-state index contributed by atoms with van der Waals surface area (Å²) in [5, 5.41) is 7.04. The molecule has 0 bridgehead atoms. The average Bonchev–Trinajstić information content (AvgIpc) is 2.72. The summed E-state index contributed by atoms with van der Waals surface area (Å²) in [5.41, 5.74) is 0. The van der Waals surface area contributed by atoms with E-state index in [0.717, 1.165) is 18.9 Å². The molecule has 78 valence electrons. The topological polar surface area (TPSA) is 47.3 Å². The van der Waals surface area contributed by atoms with Crippen LogP contribution in [0.2, 0.25) is 0 Å². The monoisotopic (exact) mass is 196 g/mol. The molecular weight excluding hydrogens is 180 g/mol. The summed E-state index contributed by atoms with van der Waals surface area (Å²) >= 11 is 0. The number of hydrogen-bond acceptors (Lipinski definition) is 4. The Morgan fingerprint density at radius 1 is 1.57 bits per heavy atom. The van der Waals surface area contributed by atoms with Crippen LogP contribution >= 0.6 is 0 Å². The summed E-state index contributed by atoms with van der Waals surface area (Å²) in [6.45, 7) is 2.41. The highest BCUT2D eigenvalue weighted by Gasteiger charge is 2.12. The van der Waals surface area contributed by atoms with Crippen molar-refractivity contribution in [1.29, 1.82) is 0 Å². The van der Waals surface area contributed by atoms with Crippen LogP contribution < -0.4 is 5.32 Å². The van der Waals surface area contributed by atoms with E-state index in [0.29, 0.717) is 12.6 Å². The molecule has 0 aliphatic carbocycles. The lowest BCUT2D eigenvalue weighted by Crippen LogP contribution is -2.37. The third-order valence-corrected chi connectivity index (χ3v) is 2.47. The fourth-order valence-corrected chi connectivity index (χ4v) is 1.68. The largest absolute Gasteiger partial charge is 0.372 e. The summed E-state index contributed by atoms with van der Waals surface area (Å²) < 4.78 is 10.4. The van der Waals surface area contributed by atoms with Gasteiger partial charge in [0, 0.05) is 12.1 Å². The number of nitrogens with zero attached hydrogens (tertiary/aromatic N) is 1. The predicted octanol–water partition coefficient (Wildman–Crippen LogP) is 1.33. The Balaban J connectivity index is 1.62. The zero-order valence-corrected chi connectivity index (χ0v) is 8.24. The van der Waals surface area contributed by atoms with Gasteiger partial charge in [-0.25, -0.2) is 0 Å². The van der Waals surface area contributed by atoms with Crippen LogP contribution in [-0.4, -0.2) is 24.4 Å². The van der Waals surface area contributed by atoms with E-state index in [4.69, 9.17) is 9.26 Å². The lowest BCUT2D eigenvalue weighted by atomic mass is 10.1. The molecule has 1 aromatic rings. The molecule has 0 radical (unpaired) electrons. The molecule has 2 heterocycles. The van der Waals surface area contributed by atoms with Crippen molar-refractivity contribution >= 4 is 0 Å². The molecule has 0 spiro atoms. The number of hydrogen-bond donors (Lipinski definition) is 1. The first-order valence-corrected chi connectivity index (χ1v) is 5.16. The predicted molar refractivity (Wildman–Crippen MR) is 51.8 cm³/mol. The van der Waals surface area contributed by atoms with Crippen LogP contribution in [0.4, 0.5) is 0 Å². The van der Waals surface area contributed by atoms with Gasteiger partial charge in [-0.1, -0.05) is 11.6 Å². The summed E-state index contributed by atoms with van der Waals surface area (Å²) in [6, 6.07) is 2.35. The van der Waals surface area contributed by atoms with E-state index in [2.05, 4.69) is 10.5 Å². The van der Waals surface area contributed by atoms with Gasteiger partial charge in [-0.2, -0.15) is 0 Å². The summed E-state index contributed by atoms with van der Waals surface area (Å²) in [5.74, 6) is 0.792. The van der Waals surface area contributed by atoms with Crippen LogP contribution in [0, 0.1) is 0 Å². The van der Waals surface area contributed by atoms with Gasteiger partial charge in [-0.3, -0.25) is 0 Å². The average molecular weight is 196 g/mol. The van der Waals surface area contributed by atoms with Gasteiger partial charge < -0.3 is 14.6 Å². The van der Waals surface area contributed by atoms with Crippen molar-refractivity contribution < 1.29 is 9.26 Å². The zero-order chi connectivity index (χ0) is 9.64. The molecule has 1 aliphatic heterocycles. The Bertz CT molecular complexity index is 243. The molecule has 1 aromatic heterocycles. The highest BCUT2D eigenvalue weighted by molar-refractivity contribution is 4.90. The normalized spacial score (nSPS) is 22.4. The van der Waals surface area contributed by atoms with Gasteiger partial charge in [0.2, 0.25) is 0 Å². The Morgan fingerprint density at radius 3 is 3.29 bits per heavy atom. The Hall–Kier alpha value is -0.870. The Morgan fingerprint density at radius 2 is 2.57 bits per heavy atom. The van der Waals surface area contributed by atoms with Crippen molar-refractivity contribution in [2.45, 2.75) is 31.9 Å². The van der Waals surface area contributed by atoms with Crippen LogP contribution in [0.25, 0.3) is 0 Å². The number of nitrogens with one attached hydrogen (secondary N) is 1. The second kappa shape index (κ2) is 5.12. The van der Waals surface area contributed by atoms with Crippen molar-refractivity contribution in [3.05, 3.63) is 18.0 Å². The first-order valence-electron chi connectivity index (χ1n) is 5.16. The maximum atomic E-state index is 5.52. The summed E-state index contributed by atoms with van der Waals surface area (Å²) in [7, 11) is 0. The van der Waals surface area contributed by atoms with Gasteiger partial charge in [0.05, 0.1) is 12.8 Å². The molecule has 4 nitrogen and oxygen atoms in total. The van der Waals surface area contributed by atoms with Crippen molar-refractivity contribution in [2.24, 2.45) is 0 Å². The minimum atomic E-state index is 0.520. The molecule has 1 N–H and O–H groups in total. The van der Waals surface area contributed by atoms with Crippen molar-refractivity contribution in [3.8, 4) is 0 Å². The molecule has 0 saturated carbocycles. The zero-order valence-electron chi connectivity index (χ0n) is 8.24. The standard InChI is InChI=1S/C10H16N2O2/c1-2-5-11-9(3-1)7-13-8-10-4-6-12-14-10/h4,6,9,11H,1-3,5,7-8H2. The highest BCUT2D eigenvalue weighted by Crippen LogP contribution is 2.08. The van der Waals surface area contributed by atoms with Crippen molar-refractivity contribution in [2.75, 3.05) is 13.2 Å². The molecule has 1 aliphatic rings. The Labute approximate surface area is 83.6 Å². The molecule has 0 aromatic carbocycles. The highest BCUT2D eigenvalue weighted by atomic mass is 16.5. The lowest BCUT2D eigenvalue weighted by Gasteiger charge is -2.22. The number of rotatable bonds is 4. The molecule has 1 fully saturated rings. The minimum Gasteiger partial charge on any atom is -0.372 e. The summed E-state index contributed by atoms with van der Waals surface area (Å²) in [4.78, 5) is 0. The summed E-state index contributed by atoms with van der Waals surface area (Å²) in [6.07, 6.45) is 5.45. The van der Waals surface area contributed by atoms with Crippen molar-refractivity contribution in [1.82, 2.24) is 10.5 Å². The van der Waals surface area contributed by atoms with Crippen LogP contribution in [0.15, 0.2) is 16.8 Å². The van der Waals surface area contributed by atoms with Gasteiger partial charge >= 0.3 is 0 Å². The number of aromatic nitrogens is 1. The van der Waals surface area contributed by atoms with Gasteiger partial charge in [0.1, 0.15) is 6.61 Å². The van der Waals surface area contributed by atoms with E-state index in [1.807, 2.05) is 6.07 Å². The van der Waals surface area contributed by atoms with Gasteiger partial charge in [-0.05, 0) is 19.4 Å². The van der Waals surface area contributed by atoms with Gasteiger partial charge in [0.25, 0.3) is 0 Å². The van der Waals surface area contributed by atoms with E-state index >= 15 is 0 Å². The maximum absolute atomic E-state index is 5.52. The van der Waals surface area contributed by atoms with Crippen LogP contribution in [0.1, 0.15) is 25.0 Å². The SMILES string of the molecule is c1cc(COCC2CCCCN2)on1. The van der Waals surface area contributed by atoms with Gasteiger partial charge in [0.15, 0.2) is 5.76 Å². The van der Waals surface area contributed by atoms with Gasteiger partial charge in [-0.15, -0.1) is 0 Å². The quantitative estimate of drug-likeness (QED) is 0.789. The third kappa shape index (κ3) is 2.82. The van der Waals surface area contributed by atoms with E-state index in [9.17, 15) is 0 Å². The molecule has 1 unspecified atom stereocenters. The van der Waals surface area contributed by atoms with Crippen LogP contribution in [0.5, 0.6) is 0 Å². The first-order chi connectivity index (χ1) is 6.95. The molecule has 4 heteroatoms. The second-order valence-electron chi connectivity index (χ2n) is 3.64. The molecule has 14 heavy (non-hydrogen) atoms. The number of piperidine rings is 1. The Kier molecular flexibility index (Phi) is 3.54. The van der Waals surface area contributed by atoms with Crippen LogP contribution in [-0.2, 0) is 11.3 Å². The lowest BCUT2D eigenvalue weighted by molar-refractivity contribution is 0.0760. The van der Waals surface area contributed by atoms with Crippen molar-refractivity contribution in [3.63, 3.8) is 0 Å². The molecular formula is C10H16N2O2. The van der Waals surface area contributed by atoms with E-state index in [1.165, 1.54) is 19.3 Å². The van der Waals surface area contributed by atoms with E-state index in [-0.39, 0.29) is 0 Å². The van der Waals surface area contributed by atoms with Crippen LogP contribution in [0.3, 0.4) is 0 Å². The van der Waals surface area contributed by atoms with E-state index < -0.39 is 0 Å². The van der Waals surface area contributed by atoms with E-state index in [1.54, 1.807) is 6.20 Å². The smallest absolute Gasteiger partial charge is 0.162 e. The fraction of sp³-hybridized carbons (Fsp3) is 0.700. The maximum Gasteiger partial charge on any atom is 0.162 e. The fourth-order valence-electron chi connectivity index (χ4n) is 1.68.